The highest BCUT2D eigenvalue weighted by atomic mass is 16.2. The Balaban J connectivity index is 1.33. The molecule has 0 saturated carbocycles. The summed E-state index contributed by atoms with van der Waals surface area (Å²) in [6, 6.07) is 9.79. The summed E-state index contributed by atoms with van der Waals surface area (Å²) < 4.78 is 1.54. The molecular weight excluding hydrogens is 458 g/mol. The van der Waals surface area contributed by atoms with Gasteiger partial charge in [0.1, 0.15) is 5.82 Å². The van der Waals surface area contributed by atoms with Crippen molar-refractivity contribution >= 4 is 17.7 Å². The van der Waals surface area contributed by atoms with Gasteiger partial charge in [-0.2, -0.15) is 4.98 Å². The van der Waals surface area contributed by atoms with Crippen molar-refractivity contribution in [2.45, 2.75) is 32.4 Å². The Hall–Kier alpha value is -3.44. The Labute approximate surface area is 211 Å². The smallest absolute Gasteiger partial charge is 0.354 e. The number of guanidine groups is 1. The maximum absolute atomic E-state index is 12.8. The van der Waals surface area contributed by atoms with E-state index in [1.165, 1.54) is 0 Å². The molecule has 2 aliphatic rings. The van der Waals surface area contributed by atoms with Crippen molar-refractivity contribution in [3.63, 3.8) is 0 Å². The van der Waals surface area contributed by atoms with E-state index in [9.17, 15) is 9.59 Å². The Morgan fingerprint density at radius 3 is 2.14 bits per heavy atom. The molecule has 1 aromatic carbocycles. The van der Waals surface area contributed by atoms with E-state index in [2.05, 4.69) is 9.88 Å². The molecule has 5 N–H and O–H groups in total. The average molecular weight is 496 g/mol. The molecule has 2 fully saturated rings. The molecule has 3 heterocycles. The van der Waals surface area contributed by atoms with Crippen LogP contribution >= 0.6 is 0 Å². The first kappa shape index (κ1) is 25.6. The molecule has 0 unspecified atom stereocenters. The zero-order chi connectivity index (χ0) is 25.9. The van der Waals surface area contributed by atoms with Crippen molar-refractivity contribution in [1.29, 1.82) is 5.41 Å². The first-order valence-electron chi connectivity index (χ1n) is 12.4. The molecule has 2 aromatic rings. The number of nitrogens with one attached hydrogen (secondary N) is 1. The second-order valence-electron chi connectivity index (χ2n) is 10.3. The minimum atomic E-state index is -0.524. The Bertz CT molecular complexity index is 1120. The van der Waals surface area contributed by atoms with Crippen LogP contribution in [0.1, 0.15) is 25.8 Å². The van der Waals surface area contributed by atoms with Gasteiger partial charge in [-0.05, 0) is 37.6 Å². The molecule has 36 heavy (non-hydrogen) atoms. The van der Waals surface area contributed by atoms with Gasteiger partial charge in [0.05, 0.1) is 5.69 Å². The Morgan fingerprint density at radius 1 is 0.972 bits per heavy atom. The first-order chi connectivity index (χ1) is 17.1. The molecular formula is C25H37N9O2. The van der Waals surface area contributed by atoms with Crippen molar-refractivity contribution in [3.05, 3.63) is 52.6 Å². The number of nitrogens with zero attached hydrogens (tertiary/aromatic N) is 6. The summed E-state index contributed by atoms with van der Waals surface area (Å²) in [5.41, 5.74) is 12.6. The third kappa shape index (κ3) is 6.41. The van der Waals surface area contributed by atoms with Crippen molar-refractivity contribution in [3.8, 4) is 5.69 Å². The molecule has 11 nitrogen and oxygen atoms in total. The van der Waals surface area contributed by atoms with E-state index in [-0.39, 0.29) is 17.6 Å². The van der Waals surface area contributed by atoms with Crippen LogP contribution in [0.15, 0.2) is 41.3 Å². The zero-order valence-electron chi connectivity index (χ0n) is 21.2. The number of carbonyl (C=O) groups excluding carboxylic acids is 1. The molecule has 0 aliphatic carbocycles. The van der Waals surface area contributed by atoms with Gasteiger partial charge in [0.15, 0.2) is 5.96 Å². The van der Waals surface area contributed by atoms with Crippen molar-refractivity contribution < 1.29 is 4.79 Å². The number of nitrogens with two attached hydrogens (primary N) is 2. The lowest BCUT2D eigenvalue weighted by Gasteiger charge is -2.36. The van der Waals surface area contributed by atoms with Crippen LogP contribution in [0.4, 0.5) is 5.82 Å². The summed E-state index contributed by atoms with van der Waals surface area (Å²) in [4.78, 5) is 37.6. The summed E-state index contributed by atoms with van der Waals surface area (Å²) in [6.07, 6.45) is 2.08. The van der Waals surface area contributed by atoms with Crippen LogP contribution in [-0.4, -0.2) is 94.0 Å². The van der Waals surface area contributed by atoms with E-state index < -0.39 is 5.54 Å². The summed E-state index contributed by atoms with van der Waals surface area (Å²) in [5, 5.41) is 7.55. The quantitative estimate of drug-likeness (QED) is 0.376. The van der Waals surface area contributed by atoms with Gasteiger partial charge in [-0.25, -0.2) is 4.79 Å². The number of hydrogen-bond acceptors (Lipinski definition) is 7. The van der Waals surface area contributed by atoms with Crippen molar-refractivity contribution in [2.24, 2.45) is 11.5 Å². The number of benzene rings is 1. The maximum atomic E-state index is 12.8. The van der Waals surface area contributed by atoms with Gasteiger partial charge in [-0.1, -0.05) is 12.1 Å². The first-order valence-corrected chi connectivity index (χ1v) is 12.4. The normalized spacial score (nSPS) is 17.4. The summed E-state index contributed by atoms with van der Waals surface area (Å²) in [6.45, 7) is 10.2. The van der Waals surface area contributed by atoms with Crippen LogP contribution in [-0.2, 0) is 11.3 Å². The minimum absolute atomic E-state index is 0.0623. The molecule has 11 heteroatoms. The molecule has 0 spiro atoms. The fourth-order valence-electron chi connectivity index (χ4n) is 4.62. The van der Waals surface area contributed by atoms with Gasteiger partial charge in [0.2, 0.25) is 5.91 Å². The molecule has 1 amide bonds. The number of aromatic nitrogens is 2. The Kier molecular flexibility index (Phi) is 7.60. The minimum Gasteiger partial charge on any atom is -0.370 e. The maximum Gasteiger partial charge on any atom is 0.354 e. The third-order valence-corrected chi connectivity index (χ3v) is 6.69. The molecule has 0 bridgehead atoms. The number of anilines is 1. The Morgan fingerprint density at radius 2 is 1.58 bits per heavy atom. The predicted octanol–water partition coefficient (Wildman–Crippen LogP) is 0.0196. The highest BCUT2D eigenvalue weighted by molar-refractivity contribution is 5.77. The molecule has 4 rings (SSSR count). The van der Waals surface area contributed by atoms with Crippen LogP contribution < -0.4 is 22.1 Å². The summed E-state index contributed by atoms with van der Waals surface area (Å²) in [7, 11) is 0. The SMILES string of the molecule is CC(C)(N)CC(=O)N1CCN(c2ccn(-c3ccc(CN4CCN(C(=N)N)CC4)cc3)c(=O)n2)CC1. The second kappa shape index (κ2) is 10.7. The van der Waals surface area contributed by atoms with E-state index >= 15 is 0 Å². The van der Waals surface area contributed by atoms with Gasteiger partial charge in [0.25, 0.3) is 0 Å². The molecule has 0 atom stereocenters. The molecule has 0 radical (unpaired) electrons. The number of amides is 1. The van der Waals surface area contributed by atoms with Crippen LogP contribution in [0.25, 0.3) is 5.69 Å². The highest BCUT2D eigenvalue weighted by Crippen LogP contribution is 2.16. The van der Waals surface area contributed by atoms with Crippen molar-refractivity contribution in [2.75, 3.05) is 57.3 Å². The molecule has 2 aliphatic heterocycles. The zero-order valence-corrected chi connectivity index (χ0v) is 21.2. The lowest BCUT2D eigenvalue weighted by Crippen LogP contribution is -2.51. The van der Waals surface area contributed by atoms with E-state index in [1.807, 2.05) is 58.9 Å². The number of piperazine rings is 2. The third-order valence-electron chi connectivity index (χ3n) is 6.69. The molecule has 194 valence electrons. The van der Waals surface area contributed by atoms with Gasteiger partial charge in [0, 0.05) is 77.1 Å². The molecule has 2 saturated heterocycles. The fourth-order valence-corrected chi connectivity index (χ4v) is 4.62. The van der Waals surface area contributed by atoms with Gasteiger partial charge >= 0.3 is 5.69 Å². The van der Waals surface area contributed by atoms with E-state index in [1.54, 1.807) is 10.8 Å². The standard InChI is InChI=1S/C25H37N9O2/c1-25(2,28)17-22(35)32-15-13-31(14-16-32)21-7-8-34(24(36)29-21)20-5-3-19(4-6-20)18-30-9-11-33(12-10-30)23(26)27/h3-8H,9-18,28H2,1-2H3,(H3,26,27). The lowest BCUT2D eigenvalue weighted by molar-refractivity contribution is -0.132. The van der Waals surface area contributed by atoms with Crippen molar-refractivity contribution in [1.82, 2.24) is 24.3 Å². The largest absolute Gasteiger partial charge is 0.370 e. The molecule has 1 aromatic heterocycles. The van der Waals surface area contributed by atoms with Gasteiger partial charge in [-0.3, -0.25) is 19.7 Å². The number of hydrogen-bond donors (Lipinski definition) is 3. The monoisotopic (exact) mass is 495 g/mol. The van der Waals surface area contributed by atoms with Gasteiger partial charge < -0.3 is 26.2 Å². The van der Waals surface area contributed by atoms with Crippen LogP contribution in [0.2, 0.25) is 0 Å². The fraction of sp³-hybridized carbons (Fsp3) is 0.520. The lowest BCUT2D eigenvalue weighted by atomic mass is 10.0. The van der Waals surface area contributed by atoms with Gasteiger partial charge in [-0.15, -0.1) is 0 Å². The van der Waals surface area contributed by atoms with E-state index in [0.717, 1.165) is 44.0 Å². The summed E-state index contributed by atoms with van der Waals surface area (Å²) >= 11 is 0. The van der Waals surface area contributed by atoms with E-state index in [0.29, 0.717) is 38.4 Å². The predicted molar refractivity (Wildman–Crippen MR) is 140 cm³/mol. The van der Waals surface area contributed by atoms with E-state index in [4.69, 9.17) is 16.9 Å². The number of carbonyl (C=O) groups is 1. The topological polar surface area (TPSA) is 141 Å². The van der Waals surface area contributed by atoms with Crippen LogP contribution in [0.3, 0.4) is 0 Å². The highest BCUT2D eigenvalue weighted by Gasteiger charge is 2.26. The van der Waals surface area contributed by atoms with Crippen LogP contribution in [0, 0.1) is 5.41 Å². The average Bonchev–Trinajstić information content (AvgIpc) is 2.84. The van der Waals surface area contributed by atoms with Crippen LogP contribution in [0.5, 0.6) is 0 Å². The summed E-state index contributed by atoms with van der Waals surface area (Å²) in [5.74, 6) is 0.823. The number of rotatable bonds is 6. The second-order valence-corrected chi connectivity index (χ2v) is 10.3.